The van der Waals surface area contributed by atoms with Gasteiger partial charge in [0.25, 0.3) is 0 Å². The van der Waals surface area contributed by atoms with Crippen LogP contribution in [0.5, 0.6) is 11.5 Å². The van der Waals surface area contributed by atoms with Gasteiger partial charge in [-0.3, -0.25) is 0 Å². The van der Waals surface area contributed by atoms with Crippen LogP contribution in [0.3, 0.4) is 0 Å². The molecule has 0 aromatic heterocycles. The second-order valence-electron chi connectivity index (χ2n) is 4.41. The molecule has 1 N–H and O–H groups in total. The number of fused-ring (bicyclic) bond motifs is 1. The van der Waals surface area contributed by atoms with Gasteiger partial charge in [0, 0.05) is 12.0 Å². The summed E-state index contributed by atoms with van der Waals surface area (Å²) in [6, 6.07) is 15.8. The normalized spacial score (nSPS) is 17.2. The van der Waals surface area contributed by atoms with E-state index >= 15 is 0 Å². The molecule has 0 saturated carbocycles. The summed E-state index contributed by atoms with van der Waals surface area (Å²) >= 11 is 0. The van der Waals surface area contributed by atoms with Crippen LogP contribution in [0.4, 0.5) is 0 Å². The topological polar surface area (TPSA) is 29.5 Å². The Kier molecular flexibility index (Phi) is 4.33. The molecule has 2 nitrogen and oxygen atoms in total. The van der Waals surface area contributed by atoms with Crippen molar-refractivity contribution < 1.29 is 9.84 Å². The summed E-state index contributed by atoms with van der Waals surface area (Å²) < 4.78 is 5.71. The summed E-state index contributed by atoms with van der Waals surface area (Å²) in [5.74, 6) is 1.49. The van der Waals surface area contributed by atoms with Gasteiger partial charge in [-0.1, -0.05) is 36.4 Å². The monoisotopic (exact) mass is 250 g/mol. The number of hydrogen-bond acceptors (Lipinski definition) is 2. The molecule has 0 spiro atoms. The average molecular weight is 250 g/mol. The fraction of sp³-hybridized carbons (Fsp3) is 0.200. The van der Waals surface area contributed by atoms with Gasteiger partial charge < -0.3 is 9.84 Å². The summed E-state index contributed by atoms with van der Waals surface area (Å²) in [5, 5.41) is 9.39. The quantitative estimate of drug-likeness (QED) is 0.788. The molecule has 0 saturated heterocycles. The molecule has 0 bridgehead atoms. The fourth-order valence-corrected chi connectivity index (χ4v) is 2.30. The van der Waals surface area contributed by atoms with Gasteiger partial charge in [-0.05, 0) is 23.6 Å². The minimum absolute atomic E-state index is 0. The van der Waals surface area contributed by atoms with Gasteiger partial charge >= 0.3 is 29.6 Å². The number of ether oxygens (including phenoxy) is 1. The summed E-state index contributed by atoms with van der Waals surface area (Å²) in [6.07, 6.45) is 0.972. The van der Waals surface area contributed by atoms with Crippen molar-refractivity contribution in [3.05, 3.63) is 59.7 Å². The maximum absolute atomic E-state index is 9.39. The van der Waals surface area contributed by atoms with E-state index in [9.17, 15) is 5.11 Å². The number of rotatable bonds is 1. The molecule has 0 aliphatic carbocycles. The number of benzene rings is 2. The molecule has 3 rings (SSSR count). The molecule has 0 radical (unpaired) electrons. The first-order valence-corrected chi connectivity index (χ1v) is 5.82. The van der Waals surface area contributed by atoms with Gasteiger partial charge in [0.05, 0.1) is 6.61 Å². The maximum atomic E-state index is 9.39. The molecular weight excluding hydrogens is 235 g/mol. The predicted molar refractivity (Wildman–Crippen MR) is 73.6 cm³/mol. The Labute approximate surface area is 129 Å². The molecule has 18 heavy (non-hydrogen) atoms. The van der Waals surface area contributed by atoms with Crippen molar-refractivity contribution in [2.45, 2.75) is 12.3 Å². The van der Waals surface area contributed by atoms with Crippen LogP contribution in [-0.4, -0.2) is 41.3 Å². The molecule has 88 valence electrons. The molecule has 1 aliphatic rings. The zero-order valence-electron chi connectivity index (χ0n) is 9.47. The SMILES string of the molecule is Oc1ccc2c(c1)OCC(c1ccccc1)C2.[NaH]. The molecule has 1 heterocycles. The number of hydrogen-bond donors (Lipinski definition) is 1. The molecule has 1 unspecified atom stereocenters. The van der Waals surface area contributed by atoms with Crippen LogP contribution in [0.1, 0.15) is 17.0 Å². The Morgan fingerprint density at radius 1 is 1.06 bits per heavy atom. The van der Waals surface area contributed by atoms with Crippen LogP contribution in [0.15, 0.2) is 48.5 Å². The van der Waals surface area contributed by atoms with Gasteiger partial charge in [0.15, 0.2) is 0 Å². The van der Waals surface area contributed by atoms with E-state index in [4.69, 9.17) is 4.74 Å². The minimum atomic E-state index is 0. The Balaban J connectivity index is 0.00000120. The number of phenols is 1. The Hall–Kier alpha value is -0.960. The molecule has 2 aromatic carbocycles. The summed E-state index contributed by atoms with van der Waals surface area (Å²) in [5.41, 5.74) is 2.48. The summed E-state index contributed by atoms with van der Waals surface area (Å²) in [6.45, 7) is 0.681. The summed E-state index contributed by atoms with van der Waals surface area (Å²) in [4.78, 5) is 0. The van der Waals surface area contributed by atoms with Gasteiger partial charge in [0.1, 0.15) is 11.5 Å². The van der Waals surface area contributed by atoms with Crippen LogP contribution in [0.2, 0.25) is 0 Å². The molecular formula is C15H15NaO2. The fourth-order valence-electron chi connectivity index (χ4n) is 2.30. The third-order valence-electron chi connectivity index (χ3n) is 3.23. The average Bonchev–Trinajstić information content (AvgIpc) is 2.39. The summed E-state index contributed by atoms with van der Waals surface area (Å²) in [7, 11) is 0. The van der Waals surface area contributed by atoms with Crippen LogP contribution >= 0.6 is 0 Å². The zero-order valence-corrected chi connectivity index (χ0v) is 9.47. The third-order valence-corrected chi connectivity index (χ3v) is 3.23. The molecule has 2 aromatic rings. The first-order chi connectivity index (χ1) is 8.33. The van der Waals surface area contributed by atoms with Crippen LogP contribution in [-0.2, 0) is 6.42 Å². The first kappa shape index (κ1) is 13.5. The second kappa shape index (κ2) is 5.79. The van der Waals surface area contributed by atoms with Crippen molar-refractivity contribution in [1.82, 2.24) is 0 Å². The van der Waals surface area contributed by atoms with Crippen molar-refractivity contribution in [2.24, 2.45) is 0 Å². The molecule has 0 fully saturated rings. The predicted octanol–water partition coefficient (Wildman–Crippen LogP) is 2.46. The Morgan fingerprint density at radius 3 is 2.61 bits per heavy atom. The van der Waals surface area contributed by atoms with E-state index in [2.05, 4.69) is 24.3 Å². The Bertz CT molecular complexity index is 525. The Morgan fingerprint density at radius 2 is 1.83 bits per heavy atom. The molecule has 1 atom stereocenters. The van der Waals surface area contributed by atoms with E-state index in [1.807, 2.05) is 12.1 Å². The van der Waals surface area contributed by atoms with E-state index in [-0.39, 0.29) is 35.3 Å². The van der Waals surface area contributed by atoms with Crippen molar-refractivity contribution in [3.63, 3.8) is 0 Å². The van der Waals surface area contributed by atoms with Crippen LogP contribution in [0.25, 0.3) is 0 Å². The van der Waals surface area contributed by atoms with Crippen LogP contribution in [0, 0.1) is 0 Å². The number of aromatic hydroxyl groups is 1. The van der Waals surface area contributed by atoms with E-state index in [1.165, 1.54) is 11.1 Å². The first-order valence-electron chi connectivity index (χ1n) is 5.82. The van der Waals surface area contributed by atoms with Crippen LogP contribution < -0.4 is 4.74 Å². The van der Waals surface area contributed by atoms with Crippen molar-refractivity contribution >= 4 is 29.6 Å². The van der Waals surface area contributed by atoms with Crippen molar-refractivity contribution in [2.75, 3.05) is 6.61 Å². The van der Waals surface area contributed by atoms with Crippen molar-refractivity contribution in [1.29, 1.82) is 0 Å². The van der Waals surface area contributed by atoms with Crippen molar-refractivity contribution in [3.8, 4) is 11.5 Å². The third kappa shape index (κ3) is 2.72. The second-order valence-corrected chi connectivity index (χ2v) is 4.41. The molecule has 0 amide bonds. The number of phenolic OH excluding ortho intramolecular Hbond substituents is 1. The van der Waals surface area contributed by atoms with E-state index < -0.39 is 0 Å². The van der Waals surface area contributed by atoms with E-state index in [1.54, 1.807) is 12.1 Å². The van der Waals surface area contributed by atoms with Gasteiger partial charge in [0.2, 0.25) is 0 Å². The van der Waals surface area contributed by atoms with Gasteiger partial charge in [-0.2, -0.15) is 0 Å². The molecule has 3 heteroatoms. The van der Waals surface area contributed by atoms with E-state index in [0.717, 1.165) is 12.2 Å². The molecule has 1 aliphatic heterocycles. The van der Waals surface area contributed by atoms with Gasteiger partial charge in [-0.15, -0.1) is 0 Å². The van der Waals surface area contributed by atoms with Gasteiger partial charge in [-0.25, -0.2) is 0 Å². The standard InChI is InChI=1S/C15H14O2.Na.H/c16-14-7-6-12-8-13(10-17-15(12)9-14)11-4-2-1-3-5-11;;/h1-7,9,13,16H,8,10H2;;. The van der Waals surface area contributed by atoms with E-state index in [0.29, 0.717) is 12.5 Å². The zero-order chi connectivity index (χ0) is 11.7.